The fourth-order valence-corrected chi connectivity index (χ4v) is 2.45. The SMILES string of the molecule is CCOc1ccc2nc(NC(=O)CNC)sc2c1. The van der Waals surface area contributed by atoms with Crippen molar-refractivity contribution in [3.05, 3.63) is 18.2 Å². The first kappa shape index (κ1) is 12.8. The van der Waals surface area contributed by atoms with Crippen LogP contribution in [0, 0.1) is 0 Å². The Balaban J connectivity index is 2.19. The van der Waals surface area contributed by atoms with Gasteiger partial charge in [0.25, 0.3) is 0 Å². The van der Waals surface area contributed by atoms with Crippen LogP contribution >= 0.6 is 11.3 Å². The summed E-state index contributed by atoms with van der Waals surface area (Å²) in [6, 6.07) is 5.71. The number of anilines is 1. The second-order valence-corrected chi connectivity index (χ2v) is 4.69. The molecule has 2 aromatic rings. The van der Waals surface area contributed by atoms with Gasteiger partial charge < -0.3 is 15.4 Å². The van der Waals surface area contributed by atoms with Gasteiger partial charge in [-0.1, -0.05) is 11.3 Å². The van der Waals surface area contributed by atoms with Crippen molar-refractivity contribution < 1.29 is 9.53 Å². The van der Waals surface area contributed by atoms with Gasteiger partial charge in [0.05, 0.1) is 23.4 Å². The van der Waals surface area contributed by atoms with E-state index in [0.717, 1.165) is 16.0 Å². The Hall–Kier alpha value is -1.66. The van der Waals surface area contributed by atoms with Crippen molar-refractivity contribution in [1.82, 2.24) is 10.3 Å². The molecule has 1 aromatic heterocycles. The molecule has 0 bridgehead atoms. The number of hydrogen-bond donors (Lipinski definition) is 2. The third kappa shape index (κ3) is 2.96. The molecule has 96 valence electrons. The number of carbonyl (C=O) groups is 1. The van der Waals surface area contributed by atoms with Gasteiger partial charge in [0.2, 0.25) is 5.91 Å². The molecule has 6 heteroatoms. The normalized spacial score (nSPS) is 10.6. The Morgan fingerprint density at radius 1 is 1.50 bits per heavy atom. The van der Waals surface area contributed by atoms with Crippen LogP contribution in [-0.2, 0) is 4.79 Å². The largest absolute Gasteiger partial charge is 0.494 e. The van der Waals surface area contributed by atoms with Crippen LogP contribution in [0.15, 0.2) is 18.2 Å². The molecule has 0 spiro atoms. The maximum absolute atomic E-state index is 11.4. The van der Waals surface area contributed by atoms with Crippen molar-refractivity contribution in [3.63, 3.8) is 0 Å². The smallest absolute Gasteiger partial charge is 0.240 e. The van der Waals surface area contributed by atoms with E-state index < -0.39 is 0 Å². The number of hydrogen-bond acceptors (Lipinski definition) is 5. The zero-order valence-corrected chi connectivity index (χ0v) is 11.1. The van der Waals surface area contributed by atoms with E-state index in [2.05, 4.69) is 15.6 Å². The highest BCUT2D eigenvalue weighted by molar-refractivity contribution is 7.22. The van der Waals surface area contributed by atoms with Gasteiger partial charge in [-0.2, -0.15) is 0 Å². The number of ether oxygens (including phenoxy) is 1. The second kappa shape index (κ2) is 5.79. The highest BCUT2D eigenvalue weighted by Crippen LogP contribution is 2.29. The fraction of sp³-hybridized carbons (Fsp3) is 0.333. The van der Waals surface area contributed by atoms with Gasteiger partial charge in [0.1, 0.15) is 5.75 Å². The van der Waals surface area contributed by atoms with E-state index in [1.807, 2.05) is 25.1 Å². The highest BCUT2D eigenvalue weighted by atomic mass is 32.1. The number of thiazole rings is 1. The number of rotatable bonds is 5. The quantitative estimate of drug-likeness (QED) is 0.866. The van der Waals surface area contributed by atoms with Gasteiger partial charge >= 0.3 is 0 Å². The molecule has 0 aliphatic carbocycles. The molecule has 0 aliphatic rings. The summed E-state index contributed by atoms with van der Waals surface area (Å²) in [6.07, 6.45) is 0. The summed E-state index contributed by atoms with van der Waals surface area (Å²) in [5.41, 5.74) is 0.864. The number of carbonyl (C=O) groups excluding carboxylic acids is 1. The zero-order valence-electron chi connectivity index (χ0n) is 10.3. The van der Waals surface area contributed by atoms with E-state index in [-0.39, 0.29) is 12.5 Å². The van der Waals surface area contributed by atoms with Crippen molar-refractivity contribution in [2.24, 2.45) is 0 Å². The predicted octanol–water partition coefficient (Wildman–Crippen LogP) is 1.85. The van der Waals surface area contributed by atoms with Crippen LogP contribution in [0.2, 0.25) is 0 Å². The van der Waals surface area contributed by atoms with Crippen molar-refractivity contribution in [3.8, 4) is 5.75 Å². The molecule has 5 nitrogen and oxygen atoms in total. The lowest BCUT2D eigenvalue weighted by molar-refractivity contribution is -0.115. The molecule has 2 N–H and O–H groups in total. The first-order valence-corrected chi connectivity index (χ1v) is 6.52. The van der Waals surface area contributed by atoms with E-state index in [1.54, 1.807) is 7.05 Å². The van der Waals surface area contributed by atoms with E-state index in [4.69, 9.17) is 4.74 Å². The lowest BCUT2D eigenvalue weighted by Crippen LogP contribution is -2.24. The summed E-state index contributed by atoms with van der Waals surface area (Å²) in [6.45, 7) is 2.86. The molecule has 0 atom stereocenters. The molecule has 1 amide bonds. The van der Waals surface area contributed by atoms with Gasteiger partial charge in [0, 0.05) is 0 Å². The predicted molar refractivity (Wildman–Crippen MR) is 73.3 cm³/mol. The minimum atomic E-state index is -0.0958. The topological polar surface area (TPSA) is 63.2 Å². The highest BCUT2D eigenvalue weighted by Gasteiger charge is 2.07. The van der Waals surface area contributed by atoms with Crippen molar-refractivity contribution in [1.29, 1.82) is 0 Å². The minimum absolute atomic E-state index is 0.0958. The molecule has 0 saturated heterocycles. The third-order valence-electron chi connectivity index (χ3n) is 2.25. The first-order chi connectivity index (χ1) is 8.72. The first-order valence-electron chi connectivity index (χ1n) is 5.70. The summed E-state index contributed by atoms with van der Waals surface area (Å²) >= 11 is 1.44. The lowest BCUT2D eigenvalue weighted by Gasteiger charge is -2.00. The van der Waals surface area contributed by atoms with E-state index >= 15 is 0 Å². The number of fused-ring (bicyclic) bond motifs is 1. The third-order valence-corrected chi connectivity index (χ3v) is 3.19. The van der Waals surface area contributed by atoms with Gasteiger partial charge in [-0.3, -0.25) is 4.79 Å². The van der Waals surface area contributed by atoms with Crippen molar-refractivity contribution in [2.45, 2.75) is 6.92 Å². The van der Waals surface area contributed by atoms with Crippen molar-refractivity contribution in [2.75, 3.05) is 25.5 Å². The molecular formula is C12H15N3O2S. The average molecular weight is 265 g/mol. The molecule has 0 saturated carbocycles. The number of likely N-dealkylation sites (N-methyl/N-ethyl adjacent to an activating group) is 1. The summed E-state index contributed by atoms with van der Waals surface area (Å²) in [5.74, 6) is 0.725. The van der Waals surface area contributed by atoms with E-state index in [9.17, 15) is 4.79 Å². The Kier molecular flexibility index (Phi) is 4.11. The average Bonchev–Trinajstić information content (AvgIpc) is 2.71. The fourth-order valence-electron chi connectivity index (χ4n) is 1.54. The molecule has 0 fully saturated rings. The minimum Gasteiger partial charge on any atom is -0.494 e. The standard InChI is InChI=1S/C12H15N3O2S/c1-3-17-8-4-5-9-10(6-8)18-12(14-9)15-11(16)7-13-2/h4-6,13H,3,7H2,1-2H3,(H,14,15,16). The van der Waals surface area contributed by atoms with Crippen LogP contribution in [0.4, 0.5) is 5.13 Å². The Morgan fingerprint density at radius 3 is 3.06 bits per heavy atom. The number of nitrogens with zero attached hydrogens (tertiary/aromatic N) is 1. The molecule has 0 aliphatic heterocycles. The lowest BCUT2D eigenvalue weighted by atomic mass is 10.3. The summed E-state index contributed by atoms with van der Waals surface area (Å²) in [4.78, 5) is 15.8. The van der Waals surface area contributed by atoms with Crippen LogP contribution in [0.5, 0.6) is 5.75 Å². The second-order valence-electron chi connectivity index (χ2n) is 3.66. The van der Waals surface area contributed by atoms with Crippen molar-refractivity contribution >= 4 is 32.6 Å². The Labute approximate surface area is 109 Å². The maximum atomic E-state index is 11.4. The van der Waals surface area contributed by atoms with Crippen LogP contribution in [0.1, 0.15) is 6.92 Å². The van der Waals surface area contributed by atoms with Gasteiger partial charge in [-0.15, -0.1) is 0 Å². The molecule has 1 aromatic carbocycles. The zero-order chi connectivity index (χ0) is 13.0. The monoisotopic (exact) mass is 265 g/mol. The molecule has 1 heterocycles. The number of benzene rings is 1. The number of amides is 1. The summed E-state index contributed by atoms with van der Waals surface area (Å²) in [5, 5.41) is 6.15. The molecule has 2 rings (SSSR count). The molecular weight excluding hydrogens is 250 g/mol. The molecule has 0 unspecified atom stereocenters. The Morgan fingerprint density at radius 2 is 2.33 bits per heavy atom. The van der Waals surface area contributed by atoms with Gasteiger partial charge in [-0.25, -0.2) is 4.98 Å². The summed E-state index contributed by atoms with van der Waals surface area (Å²) < 4.78 is 6.43. The molecule has 18 heavy (non-hydrogen) atoms. The van der Waals surface area contributed by atoms with Gasteiger partial charge in [-0.05, 0) is 32.2 Å². The number of nitrogens with one attached hydrogen (secondary N) is 2. The van der Waals surface area contributed by atoms with Crippen LogP contribution in [0.3, 0.4) is 0 Å². The van der Waals surface area contributed by atoms with E-state index in [1.165, 1.54) is 11.3 Å². The molecule has 0 radical (unpaired) electrons. The summed E-state index contributed by atoms with van der Waals surface area (Å²) in [7, 11) is 1.73. The van der Waals surface area contributed by atoms with Gasteiger partial charge in [0.15, 0.2) is 5.13 Å². The van der Waals surface area contributed by atoms with Crippen LogP contribution < -0.4 is 15.4 Å². The van der Waals surface area contributed by atoms with Crippen LogP contribution in [-0.4, -0.2) is 31.1 Å². The van der Waals surface area contributed by atoms with E-state index in [0.29, 0.717) is 11.7 Å². The number of aromatic nitrogens is 1. The maximum Gasteiger partial charge on any atom is 0.240 e. The van der Waals surface area contributed by atoms with Crippen LogP contribution in [0.25, 0.3) is 10.2 Å². The Bertz CT molecular complexity index is 553.